The Labute approximate surface area is 136 Å². The number of amides is 1. The molecule has 2 heterocycles. The summed E-state index contributed by atoms with van der Waals surface area (Å²) in [6.07, 6.45) is 2.53. The topological polar surface area (TPSA) is 72.1 Å². The Balaban J connectivity index is 1.79. The Morgan fingerprint density at radius 2 is 1.91 bits per heavy atom. The van der Waals surface area contributed by atoms with Crippen LogP contribution in [0.3, 0.4) is 0 Å². The zero-order valence-corrected chi connectivity index (χ0v) is 13.8. The van der Waals surface area contributed by atoms with Gasteiger partial charge in [-0.05, 0) is 35.1 Å². The maximum Gasteiger partial charge on any atom is 0.254 e. The van der Waals surface area contributed by atoms with Gasteiger partial charge < -0.3 is 10.6 Å². The third-order valence-corrected chi connectivity index (χ3v) is 4.25. The highest BCUT2D eigenvalue weighted by Gasteiger charge is 2.23. The van der Waals surface area contributed by atoms with Gasteiger partial charge in [0.2, 0.25) is 5.95 Å². The van der Waals surface area contributed by atoms with Crippen molar-refractivity contribution in [3.05, 3.63) is 52.8 Å². The molecule has 0 saturated heterocycles. The van der Waals surface area contributed by atoms with Gasteiger partial charge in [-0.3, -0.25) is 4.79 Å². The van der Waals surface area contributed by atoms with Crippen molar-refractivity contribution in [2.75, 3.05) is 12.3 Å². The van der Waals surface area contributed by atoms with E-state index in [0.717, 1.165) is 17.7 Å². The van der Waals surface area contributed by atoms with Crippen molar-refractivity contribution in [1.82, 2.24) is 14.9 Å². The molecule has 1 aliphatic rings. The van der Waals surface area contributed by atoms with Gasteiger partial charge in [0.1, 0.15) is 0 Å². The minimum atomic E-state index is 0.0355. The summed E-state index contributed by atoms with van der Waals surface area (Å²) in [5.74, 6) is 0.292. The molecule has 0 bridgehead atoms. The molecule has 0 radical (unpaired) electrons. The van der Waals surface area contributed by atoms with Gasteiger partial charge in [-0.2, -0.15) is 0 Å². The molecule has 120 valence electrons. The minimum Gasteiger partial charge on any atom is -0.368 e. The Bertz CT molecular complexity index is 732. The molecule has 2 aromatic rings. The molecular formula is C18H22N4O. The third kappa shape index (κ3) is 3.18. The summed E-state index contributed by atoms with van der Waals surface area (Å²) in [5, 5.41) is 0. The number of carbonyl (C=O) groups is 1. The van der Waals surface area contributed by atoms with E-state index in [4.69, 9.17) is 5.73 Å². The van der Waals surface area contributed by atoms with Gasteiger partial charge in [0.25, 0.3) is 5.91 Å². The molecule has 0 unspecified atom stereocenters. The van der Waals surface area contributed by atoms with E-state index in [0.29, 0.717) is 18.7 Å². The first-order chi connectivity index (χ1) is 10.8. The Morgan fingerprint density at radius 1 is 1.22 bits per heavy atom. The molecule has 2 N–H and O–H groups in total. The number of nitrogen functional groups attached to an aromatic ring is 1. The smallest absolute Gasteiger partial charge is 0.254 e. The molecule has 0 aliphatic carbocycles. The van der Waals surface area contributed by atoms with Gasteiger partial charge in [0, 0.05) is 18.3 Å². The Hall–Kier alpha value is -2.43. The van der Waals surface area contributed by atoms with Crippen LogP contribution in [0, 0.1) is 0 Å². The number of nitrogens with two attached hydrogens (primary N) is 1. The van der Waals surface area contributed by atoms with E-state index < -0.39 is 0 Å². The normalized spacial score (nSPS) is 14.5. The first kappa shape index (κ1) is 15.5. The SMILES string of the molecule is CC(C)(C)c1ccc(C(=O)N2CCc3cnc(N)nc3C2)cc1. The van der Waals surface area contributed by atoms with E-state index in [2.05, 4.69) is 30.7 Å². The number of fused-ring (bicyclic) bond motifs is 1. The number of rotatable bonds is 1. The summed E-state index contributed by atoms with van der Waals surface area (Å²) in [6, 6.07) is 7.89. The Kier molecular flexibility index (Phi) is 3.80. The van der Waals surface area contributed by atoms with Crippen molar-refractivity contribution in [2.45, 2.75) is 39.2 Å². The van der Waals surface area contributed by atoms with Crippen molar-refractivity contribution in [2.24, 2.45) is 0 Å². The first-order valence-electron chi connectivity index (χ1n) is 7.85. The molecule has 0 atom stereocenters. The molecule has 3 rings (SSSR count). The number of anilines is 1. The molecule has 1 aromatic carbocycles. The molecule has 0 spiro atoms. The highest BCUT2D eigenvalue weighted by molar-refractivity contribution is 5.94. The molecule has 0 fully saturated rings. The maximum absolute atomic E-state index is 12.7. The van der Waals surface area contributed by atoms with Crippen LogP contribution in [0.25, 0.3) is 0 Å². The molecule has 23 heavy (non-hydrogen) atoms. The second-order valence-corrected chi connectivity index (χ2v) is 7.00. The van der Waals surface area contributed by atoms with E-state index in [1.165, 1.54) is 5.56 Å². The van der Waals surface area contributed by atoms with Crippen LogP contribution in [0.2, 0.25) is 0 Å². The number of carbonyl (C=O) groups excluding carboxylic acids is 1. The van der Waals surface area contributed by atoms with E-state index in [1.807, 2.05) is 29.2 Å². The molecule has 1 aliphatic heterocycles. The summed E-state index contributed by atoms with van der Waals surface area (Å²) < 4.78 is 0. The number of benzene rings is 1. The summed E-state index contributed by atoms with van der Waals surface area (Å²) in [4.78, 5) is 22.8. The molecule has 0 saturated carbocycles. The number of nitrogens with zero attached hydrogens (tertiary/aromatic N) is 3. The predicted molar refractivity (Wildman–Crippen MR) is 90.0 cm³/mol. The number of hydrogen-bond acceptors (Lipinski definition) is 4. The average molecular weight is 310 g/mol. The van der Waals surface area contributed by atoms with Crippen molar-refractivity contribution in [3.63, 3.8) is 0 Å². The molecule has 1 aromatic heterocycles. The monoisotopic (exact) mass is 310 g/mol. The van der Waals surface area contributed by atoms with E-state index in [1.54, 1.807) is 6.20 Å². The Morgan fingerprint density at radius 3 is 2.57 bits per heavy atom. The fourth-order valence-corrected chi connectivity index (χ4v) is 2.79. The van der Waals surface area contributed by atoms with Crippen LogP contribution in [0.4, 0.5) is 5.95 Å². The average Bonchev–Trinajstić information content (AvgIpc) is 2.52. The van der Waals surface area contributed by atoms with Gasteiger partial charge in [-0.1, -0.05) is 32.9 Å². The van der Waals surface area contributed by atoms with Crippen LogP contribution in [-0.4, -0.2) is 27.3 Å². The number of hydrogen-bond donors (Lipinski definition) is 1. The fraction of sp³-hybridized carbons (Fsp3) is 0.389. The summed E-state index contributed by atoms with van der Waals surface area (Å²) >= 11 is 0. The maximum atomic E-state index is 12.7. The summed E-state index contributed by atoms with van der Waals surface area (Å²) in [6.45, 7) is 7.66. The lowest BCUT2D eigenvalue weighted by molar-refractivity contribution is 0.0731. The van der Waals surface area contributed by atoms with Crippen LogP contribution in [0.15, 0.2) is 30.5 Å². The van der Waals surface area contributed by atoms with Crippen LogP contribution in [-0.2, 0) is 18.4 Å². The van der Waals surface area contributed by atoms with Crippen molar-refractivity contribution >= 4 is 11.9 Å². The second-order valence-electron chi connectivity index (χ2n) is 7.00. The molecule has 5 heteroatoms. The summed E-state index contributed by atoms with van der Waals surface area (Å²) in [7, 11) is 0. The largest absolute Gasteiger partial charge is 0.368 e. The zero-order valence-electron chi connectivity index (χ0n) is 13.8. The highest BCUT2D eigenvalue weighted by atomic mass is 16.2. The van der Waals surface area contributed by atoms with Crippen LogP contribution in [0.1, 0.15) is 48.0 Å². The molecule has 1 amide bonds. The lowest BCUT2D eigenvalue weighted by Gasteiger charge is -2.28. The van der Waals surface area contributed by atoms with E-state index in [9.17, 15) is 4.79 Å². The van der Waals surface area contributed by atoms with Gasteiger partial charge in [0.05, 0.1) is 12.2 Å². The first-order valence-corrected chi connectivity index (χ1v) is 7.85. The molecule has 5 nitrogen and oxygen atoms in total. The lowest BCUT2D eigenvalue weighted by Crippen LogP contribution is -2.36. The van der Waals surface area contributed by atoms with Gasteiger partial charge in [-0.25, -0.2) is 9.97 Å². The minimum absolute atomic E-state index is 0.0355. The van der Waals surface area contributed by atoms with Crippen molar-refractivity contribution in [1.29, 1.82) is 0 Å². The van der Waals surface area contributed by atoms with Crippen LogP contribution >= 0.6 is 0 Å². The lowest BCUT2D eigenvalue weighted by atomic mass is 9.86. The standard InChI is InChI=1S/C18H22N4O/c1-18(2,3)14-6-4-12(5-7-14)16(23)22-9-8-13-10-20-17(19)21-15(13)11-22/h4-7,10H,8-9,11H2,1-3H3,(H2,19,20,21). The second kappa shape index (κ2) is 5.65. The van der Waals surface area contributed by atoms with Crippen molar-refractivity contribution in [3.8, 4) is 0 Å². The van der Waals surface area contributed by atoms with Gasteiger partial charge in [-0.15, -0.1) is 0 Å². The van der Waals surface area contributed by atoms with Gasteiger partial charge in [0.15, 0.2) is 0 Å². The fourth-order valence-electron chi connectivity index (χ4n) is 2.79. The molecular weight excluding hydrogens is 288 g/mol. The summed E-state index contributed by atoms with van der Waals surface area (Å²) in [5.41, 5.74) is 9.59. The quantitative estimate of drug-likeness (QED) is 0.878. The number of aromatic nitrogens is 2. The zero-order chi connectivity index (χ0) is 16.6. The van der Waals surface area contributed by atoms with Crippen molar-refractivity contribution < 1.29 is 4.79 Å². The van der Waals surface area contributed by atoms with Crippen LogP contribution in [0.5, 0.6) is 0 Å². The third-order valence-electron chi connectivity index (χ3n) is 4.25. The predicted octanol–water partition coefficient (Wildman–Crippen LogP) is 2.55. The van der Waals surface area contributed by atoms with Gasteiger partial charge >= 0.3 is 0 Å². The highest BCUT2D eigenvalue weighted by Crippen LogP contribution is 2.23. The van der Waals surface area contributed by atoms with E-state index in [-0.39, 0.29) is 17.3 Å². The van der Waals surface area contributed by atoms with Crippen LogP contribution < -0.4 is 5.73 Å². The van der Waals surface area contributed by atoms with E-state index >= 15 is 0 Å².